The zero-order valence-electron chi connectivity index (χ0n) is 13.3. The van der Waals surface area contributed by atoms with Crippen LogP contribution in [-0.4, -0.2) is 66.3 Å². The predicted molar refractivity (Wildman–Crippen MR) is 80.1 cm³/mol. The number of methoxy groups -OCH3 is 1. The molecule has 5 atom stereocenters. The summed E-state index contributed by atoms with van der Waals surface area (Å²) in [6, 6.07) is 0.0920. The van der Waals surface area contributed by atoms with Gasteiger partial charge in [0.2, 0.25) is 5.78 Å². The first-order valence-corrected chi connectivity index (χ1v) is 7.77. The van der Waals surface area contributed by atoms with Gasteiger partial charge >= 0.3 is 6.09 Å². The highest BCUT2D eigenvalue weighted by molar-refractivity contribution is 6.52. The second-order valence-corrected chi connectivity index (χ2v) is 6.59. The maximum absolute atomic E-state index is 12.8. The van der Waals surface area contributed by atoms with Gasteiger partial charge < -0.3 is 30.8 Å². The number of carbonyl (C=O) groups is 3. The van der Waals surface area contributed by atoms with Gasteiger partial charge in [0.05, 0.1) is 29.3 Å². The second-order valence-electron chi connectivity index (χ2n) is 6.59. The highest BCUT2D eigenvalue weighted by atomic mass is 16.6. The average Bonchev–Trinajstić information content (AvgIpc) is 3.16. The molecule has 24 heavy (non-hydrogen) atoms. The van der Waals surface area contributed by atoms with Gasteiger partial charge in [-0.1, -0.05) is 0 Å². The van der Waals surface area contributed by atoms with Gasteiger partial charge in [0, 0.05) is 25.3 Å². The molecule has 0 aromatic carbocycles. The van der Waals surface area contributed by atoms with Crippen molar-refractivity contribution in [3.8, 4) is 0 Å². The van der Waals surface area contributed by atoms with Crippen LogP contribution in [0.2, 0.25) is 0 Å². The number of ketones is 2. The van der Waals surface area contributed by atoms with Crippen LogP contribution in [0.3, 0.4) is 0 Å². The van der Waals surface area contributed by atoms with Gasteiger partial charge in [0.15, 0.2) is 11.5 Å². The molecule has 9 nitrogen and oxygen atoms in total. The first-order valence-electron chi connectivity index (χ1n) is 7.77. The summed E-state index contributed by atoms with van der Waals surface area (Å²) in [6.07, 6.45) is -0.960. The van der Waals surface area contributed by atoms with E-state index in [9.17, 15) is 14.4 Å². The van der Waals surface area contributed by atoms with Gasteiger partial charge in [-0.25, -0.2) is 4.79 Å². The predicted octanol–water partition coefficient (Wildman–Crippen LogP) is -1.23. The average molecular weight is 334 g/mol. The number of amides is 1. The first-order chi connectivity index (χ1) is 11.3. The van der Waals surface area contributed by atoms with Crippen molar-refractivity contribution < 1.29 is 23.9 Å². The van der Waals surface area contributed by atoms with Crippen LogP contribution in [0, 0.1) is 17.2 Å². The monoisotopic (exact) mass is 334 g/mol. The Balaban J connectivity index is 1.85. The lowest BCUT2D eigenvalue weighted by Crippen LogP contribution is -2.55. The molecule has 3 aliphatic heterocycles. The van der Waals surface area contributed by atoms with E-state index in [4.69, 9.17) is 20.6 Å². The summed E-state index contributed by atoms with van der Waals surface area (Å²) in [5.41, 5.74) is 4.37. The molecule has 0 radical (unpaired) electrons. The van der Waals surface area contributed by atoms with E-state index < -0.39 is 29.4 Å². The maximum Gasteiger partial charge on any atom is 0.404 e. The van der Waals surface area contributed by atoms with Crippen LogP contribution in [0.15, 0.2) is 11.3 Å². The summed E-state index contributed by atoms with van der Waals surface area (Å²) < 4.78 is 10.8. The molecule has 2 fully saturated rings. The molecule has 0 bridgehead atoms. The van der Waals surface area contributed by atoms with Crippen molar-refractivity contribution in [1.82, 2.24) is 10.2 Å². The molecule has 0 aromatic heterocycles. The Morgan fingerprint density at radius 1 is 1.50 bits per heavy atom. The van der Waals surface area contributed by atoms with Crippen molar-refractivity contribution >= 4 is 23.4 Å². The van der Waals surface area contributed by atoms with Crippen molar-refractivity contribution in [1.29, 1.82) is 5.41 Å². The summed E-state index contributed by atoms with van der Waals surface area (Å²) in [7, 11) is 1.51. The number of primary amides is 1. The van der Waals surface area contributed by atoms with Crippen LogP contribution in [0.4, 0.5) is 4.79 Å². The van der Waals surface area contributed by atoms with Crippen molar-refractivity contribution in [3.05, 3.63) is 11.3 Å². The number of hydrogen-bond acceptors (Lipinski definition) is 8. The van der Waals surface area contributed by atoms with Crippen LogP contribution >= 0.6 is 0 Å². The molecule has 1 amide bonds. The number of rotatable bonds is 3. The third kappa shape index (κ3) is 1.60. The summed E-state index contributed by atoms with van der Waals surface area (Å²) >= 11 is 0. The highest BCUT2D eigenvalue weighted by Gasteiger charge is 2.73. The van der Waals surface area contributed by atoms with E-state index in [1.807, 2.05) is 4.90 Å². The van der Waals surface area contributed by atoms with Crippen LogP contribution in [0.1, 0.15) is 6.92 Å². The SMILES string of the molecule is CO[C@]12C3N[C@H]3CN1C1=C(C(=O)C(=N)C(C)C1=O)[C@H]2COC(N)=O. The quantitative estimate of drug-likeness (QED) is 0.548. The molecule has 9 heteroatoms. The van der Waals surface area contributed by atoms with E-state index in [-0.39, 0.29) is 35.8 Å². The van der Waals surface area contributed by atoms with Crippen molar-refractivity contribution in [2.75, 3.05) is 20.3 Å². The lowest BCUT2D eigenvalue weighted by molar-refractivity contribution is -0.138. The number of fused-ring (bicyclic) bond motifs is 4. The number of carbonyl (C=O) groups excluding carboxylic acids is 3. The number of nitrogens with zero attached hydrogens (tertiary/aromatic N) is 1. The molecule has 4 aliphatic rings. The van der Waals surface area contributed by atoms with E-state index in [2.05, 4.69) is 5.32 Å². The summed E-state index contributed by atoms with van der Waals surface area (Å²) in [5.74, 6) is -2.21. The highest BCUT2D eigenvalue weighted by Crippen LogP contribution is 2.55. The number of hydrogen-bond donors (Lipinski definition) is 3. The van der Waals surface area contributed by atoms with E-state index in [1.165, 1.54) is 7.11 Å². The van der Waals surface area contributed by atoms with Gasteiger partial charge in [-0.15, -0.1) is 0 Å². The molecule has 2 unspecified atom stereocenters. The molecule has 128 valence electrons. The number of allylic oxidation sites excluding steroid dienone is 1. The van der Waals surface area contributed by atoms with Gasteiger partial charge in [-0.3, -0.25) is 9.59 Å². The number of Topliss-reactive ketones (excluding diaryl/α,β-unsaturated/α-hetero) is 2. The van der Waals surface area contributed by atoms with Crippen LogP contribution in [-0.2, 0) is 19.1 Å². The van der Waals surface area contributed by atoms with Gasteiger partial charge in [0.25, 0.3) is 0 Å². The third-order valence-corrected chi connectivity index (χ3v) is 5.57. The second kappa shape index (κ2) is 4.64. The Bertz CT molecular complexity index is 731. The molecule has 3 heterocycles. The minimum Gasteiger partial charge on any atom is -0.449 e. The molecule has 4 rings (SSSR count). The Morgan fingerprint density at radius 3 is 2.83 bits per heavy atom. The molecule has 4 N–H and O–H groups in total. The number of nitrogens with one attached hydrogen (secondary N) is 2. The fourth-order valence-corrected chi connectivity index (χ4v) is 4.39. The Kier molecular flexibility index (Phi) is 2.95. The Morgan fingerprint density at radius 2 is 2.21 bits per heavy atom. The largest absolute Gasteiger partial charge is 0.449 e. The summed E-state index contributed by atoms with van der Waals surface area (Å²) in [4.78, 5) is 38.4. The lowest BCUT2D eigenvalue weighted by atomic mass is 9.79. The molecular weight excluding hydrogens is 316 g/mol. The third-order valence-electron chi connectivity index (χ3n) is 5.57. The number of nitrogens with two attached hydrogens (primary N) is 1. The van der Waals surface area contributed by atoms with Crippen LogP contribution in [0.25, 0.3) is 0 Å². The van der Waals surface area contributed by atoms with Crippen molar-refractivity contribution in [3.63, 3.8) is 0 Å². The van der Waals surface area contributed by atoms with E-state index in [1.54, 1.807) is 6.92 Å². The molecule has 0 aromatic rings. The van der Waals surface area contributed by atoms with Gasteiger partial charge in [-0.2, -0.15) is 0 Å². The Labute approximate surface area is 137 Å². The van der Waals surface area contributed by atoms with E-state index >= 15 is 0 Å². The van der Waals surface area contributed by atoms with E-state index in [0.29, 0.717) is 12.2 Å². The van der Waals surface area contributed by atoms with Gasteiger partial charge in [-0.05, 0) is 6.92 Å². The normalized spacial score (nSPS) is 39.8. The number of piperazine rings is 1. The molecule has 2 saturated heterocycles. The minimum absolute atomic E-state index is 0.0698. The fraction of sp³-hybridized carbons (Fsp3) is 0.600. The van der Waals surface area contributed by atoms with Gasteiger partial charge in [0.1, 0.15) is 6.61 Å². The summed E-state index contributed by atoms with van der Waals surface area (Å²) in [6.45, 7) is 1.91. The van der Waals surface area contributed by atoms with Crippen LogP contribution < -0.4 is 11.1 Å². The number of ether oxygens (including phenoxy) is 2. The smallest absolute Gasteiger partial charge is 0.404 e. The standard InChI is InChI=1S/C15H18N4O5/c1-5-9(16)12(21)8-6(4-24-14(17)22)15(23-2)13-7(18-13)3-19(15)10(8)11(5)20/h5-7,13,16,18H,3-4H2,1-2H3,(H2,17,22)/t5?,6-,7+,13?,15-/m1/s1. The fourth-order valence-electron chi connectivity index (χ4n) is 4.39. The minimum atomic E-state index is -0.972. The molecular formula is C15H18N4O5. The zero-order chi connectivity index (χ0) is 17.4. The van der Waals surface area contributed by atoms with E-state index in [0.717, 1.165) is 0 Å². The Hall–Kier alpha value is -2.26. The summed E-state index contributed by atoms with van der Waals surface area (Å²) in [5, 5.41) is 11.2. The molecule has 0 saturated carbocycles. The lowest BCUT2D eigenvalue weighted by Gasteiger charge is -2.39. The first kappa shape index (κ1) is 15.3. The topological polar surface area (TPSA) is 145 Å². The van der Waals surface area contributed by atoms with Crippen molar-refractivity contribution in [2.24, 2.45) is 17.6 Å². The maximum atomic E-state index is 12.8. The molecule has 1 aliphatic carbocycles. The van der Waals surface area contributed by atoms with Crippen molar-refractivity contribution in [2.45, 2.75) is 24.7 Å². The zero-order valence-corrected chi connectivity index (χ0v) is 13.3. The van der Waals surface area contributed by atoms with Crippen LogP contribution in [0.5, 0.6) is 0 Å². The molecule has 0 spiro atoms.